The molecule has 0 aliphatic heterocycles. The van der Waals surface area contributed by atoms with Crippen molar-refractivity contribution >= 4 is 11.7 Å². The van der Waals surface area contributed by atoms with Gasteiger partial charge in [0.15, 0.2) is 0 Å². The van der Waals surface area contributed by atoms with Gasteiger partial charge in [-0.1, -0.05) is 12.1 Å². The third kappa shape index (κ3) is 4.15. The quantitative estimate of drug-likeness (QED) is 0.202. The smallest absolute Gasteiger partial charge is 0.343 e. The zero-order valence-electron chi connectivity index (χ0n) is 16.7. The molecular weight excluding hydrogens is 402 g/mol. The molecule has 2 aromatic heterocycles. The van der Waals surface area contributed by atoms with Crippen LogP contribution in [-0.4, -0.2) is 40.9 Å². The van der Waals surface area contributed by atoms with E-state index in [0.717, 1.165) is 11.3 Å². The lowest BCUT2D eigenvalue weighted by Crippen LogP contribution is -2.09. The molecule has 4 aromatic rings. The molecule has 2 aromatic carbocycles. The first-order valence-corrected chi connectivity index (χ1v) is 9.25. The molecule has 11 heteroatoms. The number of aryl methyl sites for hydroxylation is 1. The highest BCUT2D eigenvalue weighted by Gasteiger charge is 2.21. The van der Waals surface area contributed by atoms with Crippen molar-refractivity contribution in [2.24, 2.45) is 0 Å². The van der Waals surface area contributed by atoms with Crippen LogP contribution >= 0.6 is 0 Å². The van der Waals surface area contributed by atoms with Crippen LogP contribution in [0.4, 0.5) is 5.69 Å². The summed E-state index contributed by atoms with van der Waals surface area (Å²) in [5.74, 6) is -0.107. The number of nitro groups is 1. The summed E-state index contributed by atoms with van der Waals surface area (Å²) < 4.78 is 8.47. The van der Waals surface area contributed by atoms with E-state index in [2.05, 4.69) is 20.6 Å². The van der Waals surface area contributed by atoms with E-state index >= 15 is 0 Å². The Kier molecular flexibility index (Phi) is 5.22. The van der Waals surface area contributed by atoms with Crippen molar-refractivity contribution in [3.63, 3.8) is 0 Å². The van der Waals surface area contributed by atoms with Gasteiger partial charge in [0.1, 0.15) is 23.5 Å². The predicted molar refractivity (Wildman–Crippen MR) is 108 cm³/mol. The van der Waals surface area contributed by atoms with Crippen LogP contribution in [0.5, 0.6) is 5.75 Å². The molecule has 0 fully saturated rings. The molecule has 0 aliphatic rings. The van der Waals surface area contributed by atoms with Gasteiger partial charge in [0.25, 0.3) is 0 Å². The lowest BCUT2D eigenvalue weighted by Gasteiger charge is -2.07. The Morgan fingerprint density at radius 1 is 1.10 bits per heavy atom. The molecule has 0 saturated carbocycles. The summed E-state index contributed by atoms with van der Waals surface area (Å²) in [5, 5.41) is 26.3. The fourth-order valence-electron chi connectivity index (χ4n) is 3.14. The Morgan fingerprint density at radius 2 is 1.81 bits per heavy atom. The summed E-state index contributed by atoms with van der Waals surface area (Å²) in [6, 6.07) is 13.6. The van der Waals surface area contributed by atoms with Crippen LogP contribution in [0.25, 0.3) is 5.69 Å². The SMILES string of the molecule is Cc1nn(Cc2ccc(C(=O)Oc3ccc(-n4cnnn4)cc3)cc2)c(C)c1[N+](=O)[O-]. The van der Waals surface area contributed by atoms with Crippen LogP contribution in [0, 0.1) is 24.0 Å². The first-order chi connectivity index (χ1) is 14.9. The molecule has 0 amide bonds. The summed E-state index contributed by atoms with van der Waals surface area (Å²) in [5.41, 5.74) is 2.84. The second-order valence-corrected chi connectivity index (χ2v) is 6.77. The molecule has 0 radical (unpaired) electrons. The molecule has 156 valence electrons. The fourth-order valence-corrected chi connectivity index (χ4v) is 3.14. The number of tetrazole rings is 1. The molecule has 0 saturated heterocycles. The van der Waals surface area contributed by atoms with Crippen molar-refractivity contribution in [1.29, 1.82) is 0 Å². The number of ether oxygens (including phenoxy) is 1. The van der Waals surface area contributed by atoms with Gasteiger partial charge < -0.3 is 4.74 Å². The molecule has 0 bridgehead atoms. The lowest BCUT2D eigenvalue weighted by molar-refractivity contribution is -0.386. The molecule has 4 rings (SSSR count). The van der Waals surface area contributed by atoms with Gasteiger partial charge in [0.2, 0.25) is 0 Å². The number of carbonyl (C=O) groups excluding carboxylic acids is 1. The van der Waals surface area contributed by atoms with E-state index in [1.807, 2.05) is 0 Å². The summed E-state index contributed by atoms with van der Waals surface area (Å²) in [6.45, 7) is 3.62. The number of hydrogen-bond donors (Lipinski definition) is 0. The maximum Gasteiger partial charge on any atom is 0.343 e. The van der Waals surface area contributed by atoms with Gasteiger partial charge >= 0.3 is 11.7 Å². The number of aromatic nitrogens is 6. The van der Waals surface area contributed by atoms with E-state index < -0.39 is 10.9 Å². The minimum absolute atomic E-state index is 0.0197. The number of carbonyl (C=O) groups is 1. The number of hydrogen-bond acceptors (Lipinski definition) is 8. The van der Waals surface area contributed by atoms with Crippen molar-refractivity contribution < 1.29 is 14.5 Å². The zero-order chi connectivity index (χ0) is 22.0. The maximum absolute atomic E-state index is 12.4. The minimum atomic E-state index is -0.497. The van der Waals surface area contributed by atoms with E-state index in [9.17, 15) is 14.9 Å². The fraction of sp³-hybridized carbons (Fsp3) is 0.150. The molecule has 0 aliphatic carbocycles. The highest BCUT2D eigenvalue weighted by atomic mass is 16.6. The molecule has 0 atom stereocenters. The van der Waals surface area contributed by atoms with E-state index in [1.165, 1.54) is 11.0 Å². The maximum atomic E-state index is 12.4. The van der Waals surface area contributed by atoms with Crippen LogP contribution < -0.4 is 4.74 Å². The Bertz CT molecular complexity index is 1230. The van der Waals surface area contributed by atoms with Gasteiger partial charge in [-0.2, -0.15) is 5.10 Å². The van der Waals surface area contributed by atoms with E-state index in [1.54, 1.807) is 67.1 Å². The van der Waals surface area contributed by atoms with Crippen LogP contribution in [0.15, 0.2) is 54.9 Å². The molecule has 2 heterocycles. The van der Waals surface area contributed by atoms with Crippen LogP contribution in [0.2, 0.25) is 0 Å². The standard InChI is InChI=1S/C20H17N7O4/c1-13-19(27(29)30)14(2)25(22-13)11-15-3-5-16(6-4-15)20(28)31-18-9-7-17(8-10-18)26-12-21-23-24-26/h3-10,12H,11H2,1-2H3. The van der Waals surface area contributed by atoms with Gasteiger partial charge in [-0.05, 0) is 66.2 Å². The van der Waals surface area contributed by atoms with Crippen molar-refractivity contribution in [2.45, 2.75) is 20.4 Å². The first-order valence-electron chi connectivity index (χ1n) is 9.25. The second kappa shape index (κ2) is 8.14. The molecule has 31 heavy (non-hydrogen) atoms. The Balaban J connectivity index is 1.43. The van der Waals surface area contributed by atoms with Gasteiger partial charge in [-0.3, -0.25) is 14.8 Å². The summed E-state index contributed by atoms with van der Waals surface area (Å²) in [7, 11) is 0. The molecule has 0 N–H and O–H groups in total. The molecular formula is C20H17N7O4. The van der Waals surface area contributed by atoms with Gasteiger partial charge in [0, 0.05) is 0 Å². The average molecular weight is 419 g/mol. The number of nitrogens with zero attached hydrogens (tertiary/aromatic N) is 7. The van der Waals surface area contributed by atoms with Crippen LogP contribution in [0.1, 0.15) is 27.3 Å². The summed E-state index contributed by atoms with van der Waals surface area (Å²) >= 11 is 0. The van der Waals surface area contributed by atoms with Crippen LogP contribution in [-0.2, 0) is 6.54 Å². The Labute approximate surface area is 176 Å². The van der Waals surface area contributed by atoms with Crippen molar-refractivity contribution in [1.82, 2.24) is 30.0 Å². The largest absolute Gasteiger partial charge is 0.423 e. The highest BCUT2D eigenvalue weighted by Crippen LogP contribution is 2.23. The zero-order valence-corrected chi connectivity index (χ0v) is 16.7. The highest BCUT2D eigenvalue weighted by molar-refractivity contribution is 5.91. The first kappa shape index (κ1) is 19.9. The second-order valence-electron chi connectivity index (χ2n) is 6.77. The van der Waals surface area contributed by atoms with E-state index in [-0.39, 0.29) is 5.69 Å². The van der Waals surface area contributed by atoms with Crippen molar-refractivity contribution in [3.8, 4) is 11.4 Å². The molecule has 11 nitrogen and oxygen atoms in total. The summed E-state index contributed by atoms with van der Waals surface area (Å²) in [6.07, 6.45) is 1.47. The minimum Gasteiger partial charge on any atom is -0.423 e. The van der Waals surface area contributed by atoms with Crippen molar-refractivity contribution in [3.05, 3.63) is 87.5 Å². The van der Waals surface area contributed by atoms with E-state index in [4.69, 9.17) is 4.74 Å². The number of esters is 1. The Hall–Kier alpha value is -4.41. The summed E-state index contributed by atoms with van der Waals surface area (Å²) in [4.78, 5) is 23.1. The topological polar surface area (TPSA) is 131 Å². The third-order valence-electron chi connectivity index (χ3n) is 4.71. The monoisotopic (exact) mass is 419 g/mol. The average Bonchev–Trinajstić information content (AvgIpc) is 3.37. The lowest BCUT2D eigenvalue weighted by atomic mass is 10.1. The van der Waals surface area contributed by atoms with E-state index in [0.29, 0.717) is 29.2 Å². The molecule has 0 spiro atoms. The van der Waals surface area contributed by atoms with Crippen LogP contribution in [0.3, 0.4) is 0 Å². The number of benzene rings is 2. The normalized spacial score (nSPS) is 10.8. The van der Waals surface area contributed by atoms with Gasteiger partial charge in [0.05, 0.1) is 22.7 Å². The molecule has 0 unspecified atom stereocenters. The Morgan fingerprint density at radius 3 is 2.39 bits per heavy atom. The van der Waals surface area contributed by atoms with Gasteiger partial charge in [-0.25, -0.2) is 9.48 Å². The third-order valence-corrected chi connectivity index (χ3v) is 4.71. The van der Waals surface area contributed by atoms with Crippen molar-refractivity contribution in [2.75, 3.05) is 0 Å². The number of rotatable bonds is 6. The predicted octanol–water partition coefficient (Wildman–Crippen LogP) is 2.65. The van der Waals surface area contributed by atoms with Gasteiger partial charge in [-0.15, -0.1) is 5.10 Å².